The molecule has 25 heavy (non-hydrogen) atoms. The molecule has 8 heteroatoms. The van der Waals surface area contributed by atoms with Crippen LogP contribution < -0.4 is 15.5 Å². The fraction of sp³-hybridized carbons (Fsp3) is 0.824. The first kappa shape index (κ1) is 19.7. The van der Waals surface area contributed by atoms with Crippen LogP contribution in [0, 0.1) is 0 Å². The van der Waals surface area contributed by atoms with Crippen molar-refractivity contribution >= 4 is 17.8 Å². The van der Waals surface area contributed by atoms with Crippen molar-refractivity contribution in [2.24, 2.45) is 0 Å². The molecule has 2 aliphatic rings. The van der Waals surface area contributed by atoms with Crippen molar-refractivity contribution in [3.63, 3.8) is 0 Å². The Bertz CT molecular complexity index is 473. The van der Waals surface area contributed by atoms with Gasteiger partial charge in [-0.2, -0.15) is 0 Å². The predicted molar refractivity (Wildman–Crippen MR) is 92.2 cm³/mol. The van der Waals surface area contributed by atoms with Gasteiger partial charge in [0.2, 0.25) is 0 Å². The Morgan fingerprint density at radius 3 is 2.44 bits per heavy atom. The summed E-state index contributed by atoms with van der Waals surface area (Å²) in [7, 11) is 1.79. The van der Waals surface area contributed by atoms with Crippen LogP contribution >= 0.6 is 0 Å². The van der Waals surface area contributed by atoms with Gasteiger partial charge >= 0.3 is 6.03 Å². The van der Waals surface area contributed by atoms with Gasteiger partial charge in [-0.05, 0) is 19.8 Å². The van der Waals surface area contributed by atoms with E-state index in [2.05, 4.69) is 10.6 Å². The minimum absolute atomic E-state index is 0.00658. The largest absolute Gasteiger partial charge is 0.378 e. The molecule has 8 nitrogen and oxygen atoms in total. The number of quaternary nitrogens is 1. The molecule has 2 rings (SSSR count). The van der Waals surface area contributed by atoms with Gasteiger partial charge in [0.25, 0.3) is 11.8 Å². The maximum absolute atomic E-state index is 12.3. The molecule has 0 aromatic carbocycles. The summed E-state index contributed by atoms with van der Waals surface area (Å²) in [6, 6.07) is -0.761. The normalized spacial score (nSPS) is 21.3. The molecular weight excluding hydrogens is 324 g/mol. The van der Waals surface area contributed by atoms with Crippen molar-refractivity contribution in [2.45, 2.75) is 51.1 Å². The summed E-state index contributed by atoms with van der Waals surface area (Å²) in [4.78, 5) is 39.0. The Balaban J connectivity index is 1.73. The topological polar surface area (TPSA) is 92.2 Å². The molecule has 1 aliphatic heterocycles. The molecule has 0 aromatic heterocycles. The van der Waals surface area contributed by atoms with Crippen LogP contribution in [-0.4, -0.2) is 74.7 Å². The van der Waals surface area contributed by atoms with E-state index in [0.29, 0.717) is 26.3 Å². The third kappa shape index (κ3) is 6.28. The summed E-state index contributed by atoms with van der Waals surface area (Å²) in [5, 5.41) is 5.27. The van der Waals surface area contributed by atoms with Gasteiger partial charge in [-0.15, -0.1) is 0 Å². The average molecular weight is 355 g/mol. The third-order valence-electron chi connectivity index (χ3n) is 5.10. The fourth-order valence-corrected chi connectivity index (χ4v) is 3.23. The first-order valence-corrected chi connectivity index (χ1v) is 9.26. The molecule has 1 saturated carbocycles. The summed E-state index contributed by atoms with van der Waals surface area (Å²) < 4.78 is 5.24. The van der Waals surface area contributed by atoms with Crippen LogP contribution in [0.1, 0.15) is 39.0 Å². The molecule has 0 radical (unpaired) electrons. The van der Waals surface area contributed by atoms with Crippen LogP contribution in [0.25, 0.3) is 0 Å². The predicted octanol–water partition coefficient (Wildman–Crippen LogP) is -1.09. The molecule has 4 amide bonds. The molecule has 1 unspecified atom stereocenters. The second kappa shape index (κ2) is 9.72. The lowest BCUT2D eigenvalue weighted by atomic mass is 9.96. The van der Waals surface area contributed by atoms with E-state index in [9.17, 15) is 14.4 Å². The molecular formula is C17H31N4O4+. The summed E-state index contributed by atoms with van der Waals surface area (Å²) in [5.74, 6) is -0.354. The average Bonchev–Trinajstić information content (AvgIpc) is 2.62. The lowest BCUT2D eigenvalue weighted by Gasteiger charge is -2.29. The first-order chi connectivity index (χ1) is 12.0. The van der Waals surface area contributed by atoms with Crippen molar-refractivity contribution in [3.05, 3.63) is 0 Å². The zero-order chi connectivity index (χ0) is 18.2. The highest BCUT2D eigenvalue weighted by atomic mass is 16.5. The van der Waals surface area contributed by atoms with Crippen molar-refractivity contribution in [1.82, 2.24) is 15.5 Å². The summed E-state index contributed by atoms with van der Waals surface area (Å²) in [6.07, 6.45) is 5.38. The maximum Gasteiger partial charge on any atom is 0.321 e. The molecule has 1 heterocycles. The van der Waals surface area contributed by atoms with Crippen LogP contribution in [0.4, 0.5) is 4.79 Å². The van der Waals surface area contributed by atoms with Crippen LogP contribution in [0.2, 0.25) is 0 Å². The van der Waals surface area contributed by atoms with Gasteiger partial charge in [0.15, 0.2) is 12.6 Å². The molecule has 3 N–H and O–H groups in total. The highest BCUT2D eigenvalue weighted by Gasteiger charge is 2.28. The van der Waals surface area contributed by atoms with E-state index in [1.165, 1.54) is 6.42 Å². The number of rotatable bonds is 5. The fourth-order valence-electron chi connectivity index (χ4n) is 3.23. The van der Waals surface area contributed by atoms with Crippen LogP contribution in [0.3, 0.4) is 0 Å². The van der Waals surface area contributed by atoms with Crippen molar-refractivity contribution < 1.29 is 24.0 Å². The van der Waals surface area contributed by atoms with E-state index >= 15 is 0 Å². The maximum atomic E-state index is 12.3. The van der Waals surface area contributed by atoms with Crippen molar-refractivity contribution in [2.75, 3.05) is 39.9 Å². The number of imide groups is 1. The van der Waals surface area contributed by atoms with E-state index in [-0.39, 0.29) is 24.4 Å². The molecule has 1 saturated heterocycles. The second-order valence-corrected chi connectivity index (χ2v) is 7.04. The smallest absolute Gasteiger partial charge is 0.321 e. The van der Waals surface area contributed by atoms with Gasteiger partial charge in [-0.25, -0.2) is 4.79 Å². The number of amides is 4. The number of nitrogens with zero attached hydrogens (tertiary/aromatic N) is 1. The van der Waals surface area contributed by atoms with Crippen molar-refractivity contribution in [1.29, 1.82) is 0 Å². The van der Waals surface area contributed by atoms with Gasteiger partial charge in [-0.1, -0.05) is 19.3 Å². The quantitative estimate of drug-likeness (QED) is 0.584. The zero-order valence-electron chi connectivity index (χ0n) is 15.3. The number of nitrogens with one attached hydrogen (secondary N) is 3. The highest BCUT2D eigenvalue weighted by Crippen LogP contribution is 2.17. The van der Waals surface area contributed by atoms with E-state index in [4.69, 9.17) is 4.74 Å². The molecule has 2 fully saturated rings. The number of likely N-dealkylation sites (N-methyl/N-ethyl adjacent to an activating group) is 1. The Labute approximate surface area is 149 Å². The van der Waals surface area contributed by atoms with E-state index in [1.54, 1.807) is 18.9 Å². The number of ether oxygens (including phenoxy) is 1. The summed E-state index contributed by atoms with van der Waals surface area (Å²) >= 11 is 0. The molecule has 0 aromatic rings. The van der Waals surface area contributed by atoms with Crippen LogP contribution in [0.15, 0.2) is 0 Å². The van der Waals surface area contributed by atoms with E-state index < -0.39 is 12.1 Å². The van der Waals surface area contributed by atoms with Crippen LogP contribution in [0.5, 0.6) is 0 Å². The zero-order valence-corrected chi connectivity index (χ0v) is 15.3. The van der Waals surface area contributed by atoms with Gasteiger partial charge in [0, 0.05) is 19.1 Å². The molecule has 1 aliphatic carbocycles. The van der Waals surface area contributed by atoms with Crippen LogP contribution in [-0.2, 0) is 14.3 Å². The Morgan fingerprint density at radius 2 is 1.80 bits per heavy atom. The third-order valence-corrected chi connectivity index (χ3v) is 5.10. The summed E-state index contributed by atoms with van der Waals surface area (Å²) in [5.41, 5.74) is 0. The molecule has 0 spiro atoms. The lowest BCUT2D eigenvalue weighted by molar-refractivity contribution is -0.886. The highest BCUT2D eigenvalue weighted by molar-refractivity contribution is 5.96. The minimum Gasteiger partial charge on any atom is -0.378 e. The van der Waals surface area contributed by atoms with E-state index in [1.807, 2.05) is 0 Å². The summed E-state index contributed by atoms with van der Waals surface area (Å²) in [6.45, 7) is 4.25. The number of hydrogen-bond donors (Lipinski definition) is 3. The molecule has 142 valence electrons. The minimum atomic E-state index is -0.484. The van der Waals surface area contributed by atoms with Gasteiger partial charge in [0.1, 0.15) is 0 Å². The Hall–Kier alpha value is -1.67. The van der Waals surface area contributed by atoms with Crippen molar-refractivity contribution in [3.8, 4) is 0 Å². The molecule has 0 bridgehead atoms. The monoisotopic (exact) mass is 355 g/mol. The SMILES string of the molecule is C[C@@H](C(=O)NC(=O)NC1CCCCC1)[NH+](C)CC(=O)N1CCOCC1. The first-order valence-electron chi connectivity index (χ1n) is 9.26. The Morgan fingerprint density at radius 1 is 1.16 bits per heavy atom. The second-order valence-electron chi connectivity index (χ2n) is 7.04. The van der Waals surface area contributed by atoms with E-state index in [0.717, 1.165) is 30.6 Å². The molecule has 2 atom stereocenters. The number of morpholine rings is 1. The van der Waals surface area contributed by atoms with Gasteiger partial charge in [-0.3, -0.25) is 14.9 Å². The lowest BCUT2D eigenvalue weighted by Crippen LogP contribution is -3.15. The number of carbonyl (C=O) groups excluding carboxylic acids is 3. The number of urea groups is 1. The number of hydrogen-bond acceptors (Lipinski definition) is 4. The standard InChI is InChI=1S/C17H30N4O4/c1-13(20(2)12-15(22)21-8-10-25-11-9-21)16(23)19-17(24)18-14-6-4-3-5-7-14/h13-14H,3-12H2,1-2H3,(H2,18,19,23,24)/p+1/t13-/m0/s1. The Kier molecular flexibility index (Phi) is 7.64. The van der Waals surface area contributed by atoms with Gasteiger partial charge < -0.3 is 19.9 Å². The number of carbonyl (C=O) groups is 3. The van der Waals surface area contributed by atoms with Gasteiger partial charge in [0.05, 0.1) is 20.3 Å².